The molecule has 1 aliphatic rings. The first-order chi connectivity index (χ1) is 7.89. The maximum atomic E-state index is 12.6. The molecule has 0 radical (unpaired) electrons. The van der Waals surface area contributed by atoms with Crippen LogP contribution >= 0.6 is 38.5 Å². The number of benzene rings is 1. The number of carbonyl (C=O) groups is 1. The normalized spacial score (nSPS) is 18.6. The van der Waals surface area contributed by atoms with Crippen LogP contribution in [0.25, 0.3) is 0 Å². The number of nitrogens with one attached hydrogen (secondary N) is 1. The van der Waals surface area contributed by atoms with Gasteiger partial charge in [0.25, 0.3) is 11.8 Å². The van der Waals surface area contributed by atoms with Gasteiger partial charge in [0.1, 0.15) is 0 Å². The van der Waals surface area contributed by atoms with Crippen LogP contribution in [0.3, 0.4) is 0 Å². The fraction of sp³-hybridized carbons (Fsp3) is 0.364. The highest BCUT2D eigenvalue weighted by atomic mass is 127. The van der Waals surface area contributed by atoms with E-state index in [-0.39, 0.29) is 18.7 Å². The lowest BCUT2D eigenvalue weighted by Crippen LogP contribution is -2.50. The topological polar surface area (TPSA) is 29.1 Å². The first-order valence-electron chi connectivity index (χ1n) is 5.02. The molecule has 0 saturated heterocycles. The molecule has 1 aromatic rings. The van der Waals surface area contributed by atoms with Gasteiger partial charge in [-0.3, -0.25) is 4.79 Å². The fourth-order valence-electron chi connectivity index (χ4n) is 1.71. The molecule has 0 heterocycles. The lowest BCUT2D eigenvalue weighted by atomic mass is 9.88. The number of hydrogen-bond acceptors (Lipinski definition) is 1. The zero-order valence-electron chi connectivity index (χ0n) is 8.64. The van der Waals surface area contributed by atoms with Crippen molar-refractivity contribution in [2.24, 2.45) is 0 Å². The smallest absolute Gasteiger partial charge is 0.252 e. The largest absolute Gasteiger partial charge is 0.349 e. The van der Waals surface area contributed by atoms with Gasteiger partial charge in [-0.1, -0.05) is 6.07 Å². The van der Waals surface area contributed by atoms with Crippen LogP contribution in [0.2, 0.25) is 0 Å². The van der Waals surface area contributed by atoms with E-state index in [2.05, 4.69) is 43.8 Å². The van der Waals surface area contributed by atoms with Crippen molar-refractivity contribution in [2.75, 3.05) is 0 Å². The van der Waals surface area contributed by atoms with Crippen molar-refractivity contribution in [3.05, 3.63) is 31.8 Å². The van der Waals surface area contributed by atoms with Crippen LogP contribution in [-0.4, -0.2) is 17.9 Å². The highest BCUT2D eigenvalue weighted by Gasteiger charge is 2.46. The van der Waals surface area contributed by atoms with E-state index in [0.29, 0.717) is 10.0 Å². The Morgan fingerprint density at radius 3 is 2.71 bits per heavy atom. The van der Waals surface area contributed by atoms with Gasteiger partial charge < -0.3 is 5.32 Å². The van der Waals surface area contributed by atoms with Crippen molar-refractivity contribution in [2.45, 2.75) is 24.8 Å². The number of alkyl halides is 2. The Balaban J connectivity index is 2.04. The summed E-state index contributed by atoms with van der Waals surface area (Å²) in [5.41, 5.74) is 0.479. The molecule has 1 aliphatic carbocycles. The van der Waals surface area contributed by atoms with E-state index < -0.39 is 12.0 Å². The molecular formula is C11H9BrF2INO. The second kappa shape index (κ2) is 4.79. The van der Waals surface area contributed by atoms with Gasteiger partial charge in [0.2, 0.25) is 0 Å². The molecule has 0 bridgehead atoms. The Morgan fingerprint density at radius 2 is 2.12 bits per heavy atom. The van der Waals surface area contributed by atoms with Crippen molar-refractivity contribution < 1.29 is 13.6 Å². The summed E-state index contributed by atoms with van der Waals surface area (Å²) in [6.07, 6.45) is -0.527. The maximum Gasteiger partial charge on any atom is 0.252 e. The maximum absolute atomic E-state index is 12.6. The van der Waals surface area contributed by atoms with Gasteiger partial charge in [-0.15, -0.1) is 0 Å². The van der Waals surface area contributed by atoms with Crippen molar-refractivity contribution in [1.29, 1.82) is 0 Å². The SMILES string of the molecule is O=C(NC1CC(F)(F)C1)c1cccc(I)c1Br. The summed E-state index contributed by atoms with van der Waals surface area (Å²) < 4.78 is 26.9. The van der Waals surface area contributed by atoms with E-state index in [0.717, 1.165) is 3.57 Å². The fourth-order valence-corrected chi connectivity index (χ4v) is 2.65. The molecule has 1 saturated carbocycles. The third-order valence-electron chi connectivity index (χ3n) is 2.62. The van der Waals surface area contributed by atoms with Gasteiger partial charge >= 0.3 is 0 Å². The molecule has 2 nitrogen and oxygen atoms in total. The van der Waals surface area contributed by atoms with Crippen LogP contribution in [0.1, 0.15) is 23.2 Å². The van der Waals surface area contributed by atoms with E-state index in [1.807, 2.05) is 6.07 Å². The zero-order chi connectivity index (χ0) is 12.6. The quantitative estimate of drug-likeness (QED) is 0.735. The molecule has 2 rings (SSSR count). The minimum absolute atomic E-state index is 0.264. The first-order valence-corrected chi connectivity index (χ1v) is 6.89. The summed E-state index contributed by atoms with van der Waals surface area (Å²) in [6, 6.07) is 4.87. The molecule has 17 heavy (non-hydrogen) atoms. The number of hydrogen-bond donors (Lipinski definition) is 1. The average Bonchev–Trinajstić information content (AvgIpc) is 2.19. The standard InChI is InChI=1S/C11H9BrF2INO/c12-9-7(2-1-3-8(9)15)10(17)16-6-4-11(13,14)5-6/h1-3,6H,4-5H2,(H,16,17). The Hall–Kier alpha value is -0.240. The van der Waals surface area contributed by atoms with Crippen molar-refractivity contribution >= 4 is 44.4 Å². The Morgan fingerprint density at radius 1 is 1.47 bits per heavy atom. The number of halogens is 4. The Kier molecular flexibility index (Phi) is 3.72. The van der Waals surface area contributed by atoms with Crippen LogP contribution in [-0.2, 0) is 0 Å². The lowest BCUT2D eigenvalue weighted by molar-refractivity contribution is -0.0901. The minimum atomic E-state index is -2.61. The Labute approximate surface area is 119 Å². The third kappa shape index (κ3) is 2.96. The van der Waals surface area contributed by atoms with E-state index in [1.54, 1.807) is 12.1 Å². The van der Waals surface area contributed by atoms with Gasteiger partial charge in [-0.2, -0.15) is 0 Å². The van der Waals surface area contributed by atoms with E-state index in [1.165, 1.54) is 0 Å². The zero-order valence-corrected chi connectivity index (χ0v) is 12.4. The summed E-state index contributed by atoms with van der Waals surface area (Å²) in [5, 5.41) is 2.60. The van der Waals surface area contributed by atoms with Crippen molar-refractivity contribution in [3.8, 4) is 0 Å². The molecule has 0 unspecified atom stereocenters. The highest BCUT2D eigenvalue weighted by molar-refractivity contribution is 14.1. The molecule has 0 aromatic heterocycles. The molecule has 1 amide bonds. The van der Waals surface area contributed by atoms with Gasteiger partial charge in [0, 0.05) is 26.9 Å². The molecule has 1 aromatic carbocycles. The number of amides is 1. The second-order valence-electron chi connectivity index (χ2n) is 4.04. The van der Waals surface area contributed by atoms with E-state index in [9.17, 15) is 13.6 Å². The predicted octanol–water partition coefficient (Wildman–Crippen LogP) is 3.58. The monoisotopic (exact) mass is 415 g/mol. The highest BCUT2D eigenvalue weighted by Crippen LogP contribution is 2.37. The van der Waals surface area contributed by atoms with E-state index in [4.69, 9.17) is 0 Å². The van der Waals surface area contributed by atoms with Gasteiger partial charge in [-0.25, -0.2) is 8.78 Å². The van der Waals surface area contributed by atoms with Crippen LogP contribution in [0.15, 0.2) is 22.7 Å². The molecule has 1 N–H and O–H groups in total. The first kappa shape index (κ1) is 13.2. The van der Waals surface area contributed by atoms with Gasteiger partial charge in [0.05, 0.1) is 5.56 Å². The molecular weight excluding hydrogens is 407 g/mol. The van der Waals surface area contributed by atoms with Gasteiger partial charge in [0.15, 0.2) is 0 Å². The summed E-state index contributed by atoms with van der Waals surface area (Å²) in [5.74, 6) is -2.92. The molecule has 0 aliphatic heterocycles. The minimum Gasteiger partial charge on any atom is -0.349 e. The average molecular weight is 416 g/mol. The summed E-state index contributed by atoms with van der Waals surface area (Å²) in [6.45, 7) is 0. The Bertz CT molecular complexity index is 459. The van der Waals surface area contributed by atoms with E-state index >= 15 is 0 Å². The molecule has 1 fully saturated rings. The molecule has 0 spiro atoms. The molecule has 0 atom stereocenters. The third-order valence-corrected chi connectivity index (χ3v) is 5.12. The summed E-state index contributed by atoms with van der Waals surface area (Å²) in [4.78, 5) is 11.8. The predicted molar refractivity (Wildman–Crippen MR) is 72.3 cm³/mol. The van der Waals surface area contributed by atoms with Crippen LogP contribution < -0.4 is 5.32 Å². The number of carbonyl (C=O) groups excluding carboxylic acids is 1. The summed E-state index contributed by atoms with van der Waals surface area (Å²) >= 11 is 5.42. The van der Waals surface area contributed by atoms with Crippen molar-refractivity contribution in [1.82, 2.24) is 5.32 Å². The molecule has 92 valence electrons. The van der Waals surface area contributed by atoms with Gasteiger partial charge in [-0.05, 0) is 50.7 Å². The lowest BCUT2D eigenvalue weighted by Gasteiger charge is -2.35. The van der Waals surface area contributed by atoms with Crippen molar-refractivity contribution in [3.63, 3.8) is 0 Å². The molecule has 6 heteroatoms. The van der Waals surface area contributed by atoms with Crippen LogP contribution in [0.5, 0.6) is 0 Å². The number of rotatable bonds is 2. The summed E-state index contributed by atoms with van der Waals surface area (Å²) in [7, 11) is 0. The van der Waals surface area contributed by atoms with Crippen LogP contribution in [0.4, 0.5) is 8.78 Å². The second-order valence-corrected chi connectivity index (χ2v) is 5.99. The van der Waals surface area contributed by atoms with Crippen LogP contribution in [0, 0.1) is 3.57 Å².